The Kier molecular flexibility index (Phi) is 4.96. The van der Waals surface area contributed by atoms with Crippen molar-refractivity contribution in [2.24, 2.45) is 4.99 Å². The third kappa shape index (κ3) is 3.90. The molecule has 0 aliphatic carbocycles. The van der Waals surface area contributed by atoms with Crippen LogP contribution in [0.1, 0.15) is 31.3 Å². The zero-order valence-electron chi connectivity index (χ0n) is 14.9. The summed E-state index contributed by atoms with van der Waals surface area (Å²) in [6.45, 7) is 10.7. The summed E-state index contributed by atoms with van der Waals surface area (Å²) in [6, 6.07) is 3.58. The first-order valence-electron chi connectivity index (χ1n) is 8.02. The Bertz CT molecular complexity index is 855. The predicted molar refractivity (Wildman–Crippen MR) is 107 cm³/mol. The molecule has 1 atom stereocenters. The van der Waals surface area contributed by atoms with Gasteiger partial charge in [-0.3, -0.25) is 4.99 Å². The van der Waals surface area contributed by atoms with E-state index in [0.717, 1.165) is 26.0 Å². The number of fused-ring (bicyclic) bond motifs is 1. The molecule has 1 radical (unpaired) electrons. The van der Waals surface area contributed by atoms with Gasteiger partial charge in [-0.1, -0.05) is 20.8 Å². The molecule has 0 fully saturated rings. The predicted octanol–water partition coefficient (Wildman–Crippen LogP) is 4.17. The fourth-order valence-corrected chi connectivity index (χ4v) is 5.15. The number of nitrogens with zero attached hydrogens (tertiary/aromatic N) is 2. The lowest BCUT2D eigenvalue weighted by molar-refractivity contribution is -0.137. The highest BCUT2D eigenvalue weighted by atomic mass is 32.2. The molecule has 8 heteroatoms. The van der Waals surface area contributed by atoms with E-state index in [1.165, 1.54) is 17.3 Å². The monoisotopic (exact) mass is 393 g/mol. The fraction of sp³-hybridized carbons (Fsp3) is 0.471. The van der Waals surface area contributed by atoms with Gasteiger partial charge in [0.2, 0.25) is 0 Å². The van der Waals surface area contributed by atoms with Crippen LogP contribution in [0.3, 0.4) is 0 Å². The van der Waals surface area contributed by atoms with Crippen molar-refractivity contribution in [3.63, 3.8) is 0 Å². The normalized spacial score (nSPS) is 18.0. The molecule has 0 saturated heterocycles. The van der Waals surface area contributed by atoms with Gasteiger partial charge in [0.15, 0.2) is 6.04 Å². The zero-order chi connectivity index (χ0) is 18.4. The maximum Gasteiger partial charge on any atom is 0.329 e. The molecular weight excluding hydrogens is 372 g/mol. The quantitative estimate of drug-likeness (QED) is 0.789. The molecule has 0 amide bonds. The first-order chi connectivity index (χ1) is 11.6. The SMILES string of the molecule is C[Si](C)Oc1cc(C(C)(C)C)cc2sc(C3=NC(C(=O)O)CS3)nc12. The highest BCUT2D eigenvalue weighted by molar-refractivity contribution is 8.15. The smallest absolute Gasteiger partial charge is 0.329 e. The van der Waals surface area contributed by atoms with Crippen LogP contribution in [-0.2, 0) is 10.2 Å². The van der Waals surface area contributed by atoms with Crippen LogP contribution in [0.5, 0.6) is 5.75 Å². The average Bonchev–Trinajstić information content (AvgIpc) is 3.12. The van der Waals surface area contributed by atoms with E-state index in [4.69, 9.17) is 14.5 Å². The van der Waals surface area contributed by atoms with Crippen molar-refractivity contribution in [2.75, 3.05) is 5.75 Å². The maximum absolute atomic E-state index is 11.1. The zero-order valence-corrected chi connectivity index (χ0v) is 17.5. The minimum Gasteiger partial charge on any atom is -0.541 e. The molecule has 25 heavy (non-hydrogen) atoms. The molecule has 1 aliphatic heterocycles. The number of benzene rings is 1. The van der Waals surface area contributed by atoms with E-state index in [1.807, 2.05) is 0 Å². The molecular formula is C17H21N2O3S2Si. The highest BCUT2D eigenvalue weighted by Gasteiger charge is 2.28. The Balaban J connectivity index is 2.09. The van der Waals surface area contributed by atoms with Crippen molar-refractivity contribution in [3.05, 3.63) is 22.7 Å². The van der Waals surface area contributed by atoms with E-state index in [0.29, 0.717) is 5.75 Å². The van der Waals surface area contributed by atoms with Crippen LogP contribution in [0.15, 0.2) is 17.1 Å². The number of aliphatic carboxylic acids is 1. The average molecular weight is 394 g/mol. The Hall–Kier alpha value is -1.38. The molecule has 1 unspecified atom stereocenters. The lowest BCUT2D eigenvalue weighted by Crippen LogP contribution is -2.17. The Morgan fingerprint density at radius 2 is 2.08 bits per heavy atom. The van der Waals surface area contributed by atoms with E-state index in [-0.39, 0.29) is 5.41 Å². The molecule has 2 heterocycles. The number of thiazole rings is 1. The van der Waals surface area contributed by atoms with Crippen molar-refractivity contribution in [1.82, 2.24) is 4.98 Å². The first-order valence-corrected chi connectivity index (χ1v) is 12.2. The molecule has 0 bridgehead atoms. The van der Waals surface area contributed by atoms with Crippen LogP contribution in [-0.4, -0.2) is 41.9 Å². The van der Waals surface area contributed by atoms with E-state index in [1.54, 1.807) is 11.3 Å². The van der Waals surface area contributed by atoms with Crippen LogP contribution in [0.4, 0.5) is 0 Å². The Morgan fingerprint density at radius 3 is 2.64 bits per heavy atom. The number of aromatic nitrogens is 1. The van der Waals surface area contributed by atoms with Crippen molar-refractivity contribution in [3.8, 4) is 5.75 Å². The van der Waals surface area contributed by atoms with Gasteiger partial charge in [-0.15, -0.1) is 23.1 Å². The van der Waals surface area contributed by atoms with Gasteiger partial charge >= 0.3 is 5.97 Å². The van der Waals surface area contributed by atoms with Crippen LogP contribution in [0.25, 0.3) is 10.2 Å². The van der Waals surface area contributed by atoms with Crippen molar-refractivity contribution >= 4 is 53.4 Å². The minimum absolute atomic E-state index is 0.0128. The Morgan fingerprint density at radius 1 is 1.36 bits per heavy atom. The summed E-state index contributed by atoms with van der Waals surface area (Å²) < 4.78 is 7.16. The Labute approximate surface area is 157 Å². The van der Waals surface area contributed by atoms with Gasteiger partial charge in [0.25, 0.3) is 9.04 Å². The minimum atomic E-state index is -0.916. The highest BCUT2D eigenvalue weighted by Crippen LogP contribution is 2.38. The molecule has 0 saturated carbocycles. The molecule has 1 aromatic heterocycles. The van der Waals surface area contributed by atoms with Crippen LogP contribution in [0.2, 0.25) is 13.1 Å². The summed E-state index contributed by atoms with van der Waals surface area (Å²) in [4.78, 5) is 20.2. The summed E-state index contributed by atoms with van der Waals surface area (Å²) in [5, 5.41) is 10.6. The number of hydrogen-bond acceptors (Lipinski definition) is 6. The fourth-order valence-electron chi connectivity index (χ4n) is 2.44. The number of carbonyl (C=O) groups is 1. The topological polar surface area (TPSA) is 71.8 Å². The summed E-state index contributed by atoms with van der Waals surface area (Å²) in [5.41, 5.74) is 2.07. The number of thioether (sulfide) groups is 1. The third-order valence-electron chi connectivity index (χ3n) is 3.76. The van der Waals surface area contributed by atoms with Crippen molar-refractivity contribution < 1.29 is 14.3 Å². The third-order valence-corrected chi connectivity index (χ3v) is 6.58. The largest absolute Gasteiger partial charge is 0.541 e. The summed E-state index contributed by atoms with van der Waals surface area (Å²) in [6.07, 6.45) is 0. The van der Waals surface area contributed by atoms with Gasteiger partial charge in [-0.2, -0.15) is 0 Å². The number of carboxylic acids is 1. The maximum atomic E-state index is 11.1. The second-order valence-corrected chi connectivity index (χ2v) is 11.3. The van der Waals surface area contributed by atoms with Crippen molar-refractivity contribution in [1.29, 1.82) is 0 Å². The van der Waals surface area contributed by atoms with Gasteiger partial charge in [0, 0.05) is 5.75 Å². The summed E-state index contributed by atoms with van der Waals surface area (Å²) in [5.74, 6) is 0.405. The van der Waals surface area contributed by atoms with Crippen molar-refractivity contribution in [2.45, 2.75) is 45.3 Å². The molecule has 5 nitrogen and oxygen atoms in total. The number of aliphatic imine (C=N–C) groups is 1. The standard InChI is InChI=1S/C17H21N2O3S2Si/c1-17(2,3)9-6-11(22-25(4)5)13-12(7-9)24-15(19-13)14-18-10(8-23-14)16(20)21/h6-7,10H,8H2,1-5H3,(H,20,21). The molecule has 1 N–H and O–H groups in total. The van der Waals surface area contributed by atoms with Gasteiger partial charge < -0.3 is 9.53 Å². The lowest BCUT2D eigenvalue weighted by Gasteiger charge is -2.20. The molecule has 2 aromatic rings. The van der Waals surface area contributed by atoms with E-state index in [9.17, 15) is 4.79 Å². The van der Waals surface area contributed by atoms with E-state index >= 15 is 0 Å². The van der Waals surface area contributed by atoms with Crippen LogP contribution in [0, 0.1) is 0 Å². The van der Waals surface area contributed by atoms with E-state index < -0.39 is 21.1 Å². The molecule has 3 rings (SSSR count). The number of rotatable bonds is 4. The molecule has 1 aliphatic rings. The number of hydrogen-bond donors (Lipinski definition) is 1. The van der Waals surface area contributed by atoms with Crippen LogP contribution >= 0.6 is 23.1 Å². The van der Waals surface area contributed by atoms with Gasteiger partial charge in [0.1, 0.15) is 21.3 Å². The molecule has 1 aromatic carbocycles. The summed E-state index contributed by atoms with van der Waals surface area (Å²) in [7, 11) is -0.916. The van der Waals surface area contributed by atoms with Gasteiger partial charge in [-0.05, 0) is 36.2 Å². The van der Waals surface area contributed by atoms with Crippen LogP contribution < -0.4 is 4.43 Å². The molecule has 0 spiro atoms. The molecule has 133 valence electrons. The first kappa shape index (κ1) is 18.4. The van der Waals surface area contributed by atoms with Gasteiger partial charge in [-0.25, -0.2) is 9.78 Å². The number of carboxylic acid groups (broad SMARTS) is 1. The second kappa shape index (κ2) is 6.73. The van der Waals surface area contributed by atoms with Gasteiger partial charge in [0.05, 0.1) is 4.70 Å². The van der Waals surface area contributed by atoms with E-state index in [2.05, 4.69) is 51.0 Å². The lowest BCUT2D eigenvalue weighted by atomic mass is 9.87. The summed E-state index contributed by atoms with van der Waals surface area (Å²) >= 11 is 3.01. The second-order valence-electron chi connectivity index (χ2n) is 7.20.